The molecule has 2 heterocycles. The minimum atomic E-state index is -4.67. The molecule has 8 nitrogen and oxygen atoms in total. The Kier molecular flexibility index (Phi) is 8.57. The molecule has 43 heavy (non-hydrogen) atoms. The first kappa shape index (κ1) is 30.6. The molecule has 2 aromatic carbocycles. The molecule has 226 valence electrons. The van der Waals surface area contributed by atoms with Crippen molar-refractivity contribution in [1.82, 2.24) is 15.0 Å². The molecule has 0 spiro atoms. The van der Waals surface area contributed by atoms with Gasteiger partial charge in [0, 0.05) is 36.1 Å². The zero-order valence-corrected chi connectivity index (χ0v) is 25.4. The predicted molar refractivity (Wildman–Crippen MR) is 160 cm³/mol. The van der Waals surface area contributed by atoms with Crippen LogP contribution in [0, 0.1) is 23.4 Å². The molecule has 2 aromatic heterocycles. The molecule has 1 aliphatic rings. The van der Waals surface area contributed by atoms with Crippen LogP contribution in [0.5, 0.6) is 0 Å². The van der Waals surface area contributed by atoms with Crippen molar-refractivity contribution in [3.63, 3.8) is 0 Å². The SMILES string of the molecule is CC(C)(C)c1nc(-c2cccc(NS(=O)(=O)c3cc(F)ccc3F)c2F)c(-c2ccnc(NCCC3CCCC3=O)n2)s1. The first-order valence-electron chi connectivity index (χ1n) is 13.7. The lowest BCUT2D eigenvalue weighted by Gasteiger charge is -2.14. The Bertz CT molecular complexity index is 1790. The molecule has 13 heteroatoms. The average Bonchev–Trinajstić information content (AvgIpc) is 3.58. The highest BCUT2D eigenvalue weighted by Crippen LogP contribution is 2.42. The van der Waals surface area contributed by atoms with Gasteiger partial charge in [-0.15, -0.1) is 11.3 Å². The van der Waals surface area contributed by atoms with Gasteiger partial charge in [-0.25, -0.2) is 36.5 Å². The Morgan fingerprint density at radius 2 is 1.86 bits per heavy atom. The number of nitrogens with zero attached hydrogens (tertiary/aromatic N) is 3. The van der Waals surface area contributed by atoms with E-state index in [1.807, 2.05) is 25.5 Å². The van der Waals surface area contributed by atoms with Crippen LogP contribution in [0.3, 0.4) is 0 Å². The quantitative estimate of drug-likeness (QED) is 0.206. The number of aromatic nitrogens is 3. The zero-order chi connectivity index (χ0) is 30.9. The topological polar surface area (TPSA) is 114 Å². The second kappa shape index (κ2) is 12.0. The van der Waals surface area contributed by atoms with Crippen LogP contribution in [0.25, 0.3) is 21.8 Å². The number of anilines is 2. The molecule has 1 fully saturated rings. The highest BCUT2D eigenvalue weighted by Gasteiger charge is 2.28. The summed E-state index contributed by atoms with van der Waals surface area (Å²) in [6, 6.07) is 7.76. The monoisotopic (exact) mass is 629 g/mol. The Morgan fingerprint density at radius 1 is 1.07 bits per heavy atom. The predicted octanol–water partition coefficient (Wildman–Crippen LogP) is 6.95. The fourth-order valence-electron chi connectivity index (χ4n) is 4.80. The maximum Gasteiger partial charge on any atom is 0.265 e. The van der Waals surface area contributed by atoms with Gasteiger partial charge in [-0.05, 0) is 55.7 Å². The van der Waals surface area contributed by atoms with Crippen LogP contribution in [0.2, 0.25) is 0 Å². The average molecular weight is 630 g/mol. The van der Waals surface area contributed by atoms with Gasteiger partial charge in [0.2, 0.25) is 5.95 Å². The van der Waals surface area contributed by atoms with E-state index in [1.165, 1.54) is 29.5 Å². The van der Waals surface area contributed by atoms with Crippen molar-refractivity contribution >= 4 is 38.8 Å². The Hall–Kier alpha value is -3.84. The molecule has 1 atom stereocenters. The van der Waals surface area contributed by atoms with E-state index in [0.717, 1.165) is 18.9 Å². The number of benzene rings is 2. The van der Waals surface area contributed by atoms with Crippen molar-refractivity contribution in [3.05, 3.63) is 71.1 Å². The summed E-state index contributed by atoms with van der Waals surface area (Å²) in [6.45, 7) is 6.41. The molecular formula is C30H30F3N5O3S2. The van der Waals surface area contributed by atoms with E-state index in [-0.39, 0.29) is 23.0 Å². The smallest absolute Gasteiger partial charge is 0.265 e. The number of rotatable bonds is 9. The van der Waals surface area contributed by atoms with E-state index >= 15 is 4.39 Å². The maximum absolute atomic E-state index is 16.0. The van der Waals surface area contributed by atoms with E-state index in [1.54, 1.807) is 12.3 Å². The summed E-state index contributed by atoms with van der Waals surface area (Å²) in [7, 11) is -4.67. The summed E-state index contributed by atoms with van der Waals surface area (Å²) in [6.07, 6.45) is 4.68. The first-order valence-corrected chi connectivity index (χ1v) is 16.0. The number of ketones is 1. The van der Waals surface area contributed by atoms with Crippen LogP contribution in [0.4, 0.5) is 24.8 Å². The van der Waals surface area contributed by atoms with Gasteiger partial charge in [0.05, 0.1) is 27.0 Å². The van der Waals surface area contributed by atoms with Gasteiger partial charge < -0.3 is 5.32 Å². The number of Topliss-reactive ketones (excluding diaryl/α,β-unsaturated/α-hetero) is 1. The number of sulfonamides is 1. The molecule has 0 saturated heterocycles. The Labute approximate surface area is 251 Å². The van der Waals surface area contributed by atoms with Crippen molar-refractivity contribution < 1.29 is 26.4 Å². The van der Waals surface area contributed by atoms with Crippen LogP contribution in [-0.2, 0) is 20.2 Å². The van der Waals surface area contributed by atoms with E-state index in [2.05, 4.69) is 15.3 Å². The van der Waals surface area contributed by atoms with Gasteiger partial charge in [-0.1, -0.05) is 26.8 Å². The lowest BCUT2D eigenvalue weighted by atomic mass is 9.98. The number of thiazole rings is 1. The fourth-order valence-corrected chi connectivity index (χ4v) is 7.05. The van der Waals surface area contributed by atoms with Gasteiger partial charge in [0.25, 0.3) is 10.0 Å². The van der Waals surface area contributed by atoms with Crippen molar-refractivity contribution in [2.75, 3.05) is 16.6 Å². The van der Waals surface area contributed by atoms with Crippen LogP contribution >= 0.6 is 11.3 Å². The van der Waals surface area contributed by atoms with Crippen LogP contribution in [-0.4, -0.2) is 35.7 Å². The molecule has 0 amide bonds. The summed E-state index contributed by atoms with van der Waals surface area (Å²) in [5.41, 5.74) is -0.140. The summed E-state index contributed by atoms with van der Waals surface area (Å²) in [5, 5.41) is 3.86. The summed E-state index contributed by atoms with van der Waals surface area (Å²) in [4.78, 5) is 25.2. The molecule has 0 bridgehead atoms. The number of carbonyl (C=O) groups is 1. The number of nitrogens with one attached hydrogen (secondary N) is 2. The maximum atomic E-state index is 16.0. The highest BCUT2D eigenvalue weighted by atomic mass is 32.2. The Morgan fingerprint density at radius 3 is 2.58 bits per heavy atom. The molecule has 2 N–H and O–H groups in total. The summed E-state index contributed by atoms with van der Waals surface area (Å²) >= 11 is 1.33. The molecule has 0 aliphatic heterocycles. The largest absolute Gasteiger partial charge is 0.354 e. The molecular weight excluding hydrogens is 599 g/mol. The second-order valence-electron chi connectivity index (χ2n) is 11.3. The summed E-state index contributed by atoms with van der Waals surface area (Å²) < 4.78 is 71.8. The van der Waals surface area contributed by atoms with Crippen molar-refractivity contribution in [2.45, 2.75) is 56.8 Å². The second-order valence-corrected chi connectivity index (χ2v) is 14.0. The molecule has 1 saturated carbocycles. The molecule has 1 unspecified atom stereocenters. The first-order chi connectivity index (χ1) is 20.3. The minimum Gasteiger partial charge on any atom is -0.354 e. The molecule has 0 radical (unpaired) electrons. The third-order valence-corrected chi connectivity index (χ3v) is 9.93. The van der Waals surface area contributed by atoms with Gasteiger partial charge in [0.1, 0.15) is 22.3 Å². The number of hydrogen-bond donors (Lipinski definition) is 2. The lowest BCUT2D eigenvalue weighted by Crippen LogP contribution is -2.16. The van der Waals surface area contributed by atoms with Crippen LogP contribution in [0.1, 0.15) is 51.5 Å². The van der Waals surface area contributed by atoms with Crippen molar-refractivity contribution in [2.24, 2.45) is 5.92 Å². The standard InChI is InChI=1S/C30H30F3N5O3S2/c1-30(2,3)28-37-26(27(42-28)22-13-15-35-29(36-22)34-14-12-17-6-4-9-23(17)39)19-7-5-8-21(25(19)33)38-43(40,41)24-16-18(31)10-11-20(24)32/h5,7-8,10-11,13,15-17,38H,4,6,9,12,14H2,1-3H3,(H,34,35,36). The minimum absolute atomic E-state index is 0.00506. The number of halogens is 3. The number of carbonyl (C=O) groups excluding carboxylic acids is 1. The molecule has 5 rings (SSSR count). The van der Waals surface area contributed by atoms with Gasteiger partial charge in [-0.2, -0.15) is 0 Å². The zero-order valence-electron chi connectivity index (χ0n) is 23.7. The normalized spacial score (nSPS) is 15.6. The molecule has 1 aliphatic carbocycles. The van der Waals surface area contributed by atoms with E-state index in [0.29, 0.717) is 53.0 Å². The van der Waals surface area contributed by atoms with Crippen molar-refractivity contribution in [1.29, 1.82) is 0 Å². The van der Waals surface area contributed by atoms with Crippen LogP contribution < -0.4 is 10.0 Å². The number of hydrogen-bond acceptors (Lipinski definition) is 8. The third-order valence-electron chi connectivity index (χ3n) is 7.04. The fraction of sp³-hybridized carbons (Fsp3) is 0.333. The Balaban J connectivity index is 1.49. The van der Waals surface area contributed by atoms with Gasteiger partial charge >= 0.3 is 0 Å². The van der Waals surface area contributed by atoms with Gasteiger partial charge in [0.15, 0.2) is 5.82 Å². The van der Waals surface area contributed by atoms with Gasteiger partial charge in [-0.3, -0.25) is 9.52 Å². The summed E-state index contributed by atoms with van der Waals surface area (Å²) in [5.74, 6) is -2.40. The van der Waals surface area contributed by atoms with Crippen molar-refractivity contribution in [3.8, 4) is 21.8 Å². The third kappa shape index (κ3) is 6.72. The van der Waals surface area contributed by atoms with E-state index < -0.39 is 43.5 Å². The highest BCUT2D eigenvalue weighted by molar-refractivity contribution is 7.92. The van der Waals surface area contributed by atoms with Crippen LogP contribution in [0.15, 0.2) is 53.6 Å². The lowest BCUT2D eigenvalue weighted by molar-refractivity contribution is -0.120. The molecule has 4 aromatic rings. The van der Waals surface area contributed by atoms with E-state index in [4.69, 9.17) is 4.98 Å². The van der Waals surface area contributed by atoms with E-state index in [9.17, 15) is 22.0 Å².